The van der Waals surface area contributed by atoms with Gasteiger partial charge >= 0.3 is 6.09 Å². The van der Waals surface area contributed by atoms with Crippen molar-refractivity contribution >= 4 is 35.0 Å². The Labute approximate surface area is 109 Å². The number of phenols is 1. The van der Waals surface area contributed by atoms with Gasteiger partial charge < -0.3 is 9.84 Å². The Kier molecular flexibility index (Phi) is 4.11. The van der Waals surface area contributed by atoms with Crippen LogP contribution in [0.5, 0.6) is 5.75 Å². The first kappa shape index (κ1) is 13.9. The molecule has 6 heteroatoms. The number of carbonyl (C=O) groups is 1. The van der Waals surface area contributed by atoms with Gasteiger partial charge in [0.15, 0.2) is 0 Å². The van der Waals surface area contributed by atoms with Crippen molar-refractivity contribution in [2.75, 3.05) is 5.32 Å². The van der Waals surface area contributed by atoms with Crippen LogP contribution in [-0.2, 0) is 4.74 Å². The lowest BCUT2D eigenvalue weighted by atomic mass is 10.2. The summed E-state index contributed by atoms with van der Waals surface area (Å²) in [7, 11) is 0. The molecule has 0 fully saturated rings. The molecule has 0 spiro atoms. The molecule has 0 saturated carbocycles. The van der Waals surface area contributed by atoms with Crippen LogP contribution in [0, 0.1) is 0 Å². The lowest BCUT2D eigenvalue weighted by Gasteiger charge is -2.20. The number of benzene rings is 1. The number of nitrogens with one attached hydrogen (secondary N) is 1. The average Bonchev–Trinajstić information content (AvgIpc) is 2.11. The highest BCUT2D eigenvalue weighted by Gasteiger charge is 2.17. The van der Waals surface area contributed by atoms with Crippen molar-refractivity contribution in [1.29, 1.82) is 0 Å². The second-order valence-electron chi connectivity index (χ2n) is 4.41. The molecule has 0 bridgehead atoms. The van der Waals surface area contributed by atoms with Gasteiger partial charge in [-0.05, 0) is 26.8 Å². The Balaban J connectivity index is 2.82. The Hall–Kier alpha value is -1.13. The van der Waals surface area contributed by atoms with Crippen LogP contribution in [0.4, 0.5) is 10.5 Å². The summed E-state index contributed by atoms with van der Waals surface area (Å²) in [6.07, 6.45) is -0.652. The van der Waals surface area contributed by atoms with E-state index in [0.29, 0.717) is 0 Å². The van der Waals surface area contributed by atoms with Gasteiger partial charge in [0.25, 0.3) is 0 Å². The van der Waals surface area contributed by atoms with Crippen LogP contribution >= 0.6 is 23.2 Å². The highest BCUT2D eigenvalue weighted by molar-refractivity contribution is 6.37. The number of anilines is 1. The number of phenolic OH excluding ortho intramolecular Hbond substituents is 1. The molecule has 0 aromatic heterocycles. The second kappa shape index (κ2) is 5.02. The average molecular weight is 278 g/mol. The minimum atomic E-state index is -0.652. The number of carbonyl (C=O) groups excluding carboxylic acids is 1. The fraction of sp³-hybridized carbons (Fsp3) is 0.364. The SMILES string of the molecule is CC(C)(C)OC(=O)Nc1cc(O)c(Cl)cc1Cl. The summed E-state index contributed by atoms with van der Waals surface area (Å²) in [5.74, 6) is -0.165. The van der Waals surface area contributed by atoms with Crippen LogP contribution in [-0.4, -0.2) is 16.8 Å². The lowest BCUT2D eigenvalue weighted by molar-refractivity contribution is 0.0636. The van der Waals surface area contributed by atoms with Gasteiger partial charge in [-0.3, -0.25) is 5.32 Å². The molecule has 94 valence electrons. The van der Waals surface area contributed by atoms with Crippen molar-refractivity contribution in [2.45, 2.75) is 26.4 Å². The maximum Gasteiger partial charge on any atom is 0.412 e. The minimum absolute atomic E-state index is 0.115. The van der Waals surface area contributed by atoms with Crippen LogP contribution in [0.3, 0.4) is 0 Å². The van der Waals surface area contributed by atoms with Crippen molar-refractivity contribution in [3.8, 4) is 5.75 Å². The summed E-state index contributed by atoms with van der Waals surface area (Å²) >= 11 is 11.5. The third-order valence-electron chi connectivity index (χ3n) is 1.67. The van der Waals surface area contributed by atoms with Crippen LogP contribution in [0.15, 0.2) is 12.1 Å². The maximum absolute atomic E-state index is 11.5. The fourth-order valence-electron chi connectivity index (χ4n) is 1.05. The van der Waals surface area contributed by atoms with E-state index in [4.69, 9.17) is 27.9 Å². The molecule has 17 heavy (non-hydrogen) atoms. The van der Waals surface area contributed by atoms with Crippen molar-refractivity contribution in [3.05, 3.63) is 22.2 Å². The number of rotatable bonds is 1. The highest BCUT2D eigenvalue weighted by atomic mass is 35.5. The third kappa shape index (κ3) is 4.32. The summed E-state index contributed by atoms with van der Waals surface area (Å²) in [5, 5.41) is 12.1. The van der Waals surface area contributed by atoms with Crippen LogP contribution in [0.25, 0.3) is 0 Å². The zero-order valence-electron chi connectivity index (χ0n) is 9.67. The van der Waals surface area contributed by atoms with Gasteiger partial charge in [0.05, 0.1) is 15.7 Å². The number of hydrogen-bond acceptors (Lipinski definition) is 3. The van der Waals surface area contributed by atoms with Gasteiger partial charge in [-0.25, -0.2) is 4.79 Å². The molecule has 4 nitrogen and oxygen atoms in total. The van der Waals surface area contributed by atoms with Gasteiger partial charge in [0, 0.05) is 6.07 Å². The number of ether oxygens (including phenoxy) is 1. The van der Waals surface area contributed by atoms with Crippen molar-refractivity contribution in [2.24, 2.45) is 0 Å². The number of halogens is 2. The second-order valence-corrected chi connectivity index (χ2v) is 5.22. The first-order chi connectivity index (χ1) is 7.69. The molecule has 0 saturated heterocycles. The van der Waals surface area contributed by atoms with E-state index in [1.807, 2.05) is 0 Å². The van der Waals surface area contributed by atoms with Gasteiger partial charge in [-0.15, -0.1) is 0 Å². The summed E-state index contributed by atoms with van der Waals surface area (Å²) in [6, 6.07) is 2.60. The zero-order valence-corrected chi connectivity index (χ0v) is 11.2. The Morgan fingerprint density at radius 1 is 1.29 bits per heavy atom. The molecule has 1 aromatic carbocycles. The van der Waals surface area contributed by atoms with Crippen molar-refractivity contribution in [3.63, 3.8) is 0 Å². The molecule has 1 rings (SSSR count). The van der Waals surface area contributed by atoms with Crippen LogP contribution in [0.2, 0.25) is 10.0 Å². The maximum atomic E-state index is 11.5. The van der Waals surface area contributed by atoms with E-state index in [9.17, 15) is 9.90 Å². The summed E-state index contributed by atoms with van der Waals surface area (Å²) < 4.78 is 5.04. The first-order valence-corrected chi connectivity index (χ1v) is 5.62. The monoisotopic (exact) mass is 277 g/mol. The van der Waals surface area contributed by atoms with Crippen LogP contribution in [0.1, 0.15) is 20.8 Å². The molecule has 0 aliphatic carbocycles. The van der Waals surface area contributed by atoms with E-state index >= 15 is 0 Å². The molecular formula is C11H13Cl2NO3. The quantitative estimate of drug-likeness (QED) is 0.814. The van der Waals surface area contributed by atoms with E-state index in [1.54, 1.807) is 20.8 Å². The largest absolute Gasteiger partial charge is 0.506 e. The van der Waals surface area contributed by atoms with Crippen molar-refractivity contribution in [1.82, 2.24) is 0 Å². The molecule has 1 amide bonds. The van der Waals surface area contributed by atoms with Crippen molar-refractivity contribution < 1.29 is 14.6 Å². The molecule has 2 N–H and O–H groups in total. The van der Waals surface area contributed by atoms with Gasteiger partial charge in [-0.1, -0.05) is 23.2 Å². The summed E-state index contributed by atoms with van der Waals surface area (Å²) in [4.78, 5) is 11.5. The number of hydrogen-bond donors (Lipinski definition) is 2. The molecule has 1 aromatic rings. The van der Waals surface area contributed by atoms with E-state index in [-0.39, 0.29) is 21.5 Å². The third-order valence-corrected chi connectivity index (χ3v) is 2.29. The smallest absolute Gasteiger partial charge is 0.412 e. The minimum Gasteiger partial charge on any atom is -0.506 e. The predicted molar refractivity (Wildman–Crippen MR) is 68.0 cm³/mol. The lowest BCUT2D eigenvalue weighted by Crippen LogP contribution is -2.27. The van der Waals surface area contributed by atoms with Gasteiger partial charge in [0.2, 0.25) is 0 Å². The fourth-order valence-corrected chi connectivity index (χ4v) is 1.48. The normalized spacial score (nSPS) is 11.1. The number of aromatic hydroxyl groups is 1. The Morgan fingerprint density at radius 3 is 2.41 bits per heavy atom. The molecule has 0 aliphatic rings. The Bertz CT molecular complexity index is 441. The zero-order chi connectivity index (χ0) is 13.2. The van der Waals surface area contributed by atoms with Crippen LogP contribution < -0.4 is 5.32 Å². The topological polar surface area (TPSA) is 58.6 Å². The standard InChI is InChI=1S/C11H13Cl2NO3/c1-11(2,3)17-10(16)14-8-5-9(15)7(13)4-6(8)12/h4-5,15H,1-3H3,(H,14,16). The summed E-state index contributed by atoms with van der Waals surface area (Å²) in [6.45, 7) is 5.23. The predicted octanol–water partition coefficient (Wildman–Crippen LogP) is 4.05. The molecule has 0 radical (unpaired) electrons. The molecular weight excluding hydrogens is 265 g/mol. The Morgan fingerprint density at radius 2 is 1.88 bits per heavy atom. The van der Waals surface area contributed by atoms with E-state index < -0.39 is 11.7 Å². The number of amides is 1. The molecule has 0 aliphatic heterocycles. The van der Waals surface area contributed by atoms with Gasteiger partial charge in [0.1, 0.15) is 11.4 Å². The van der Waals surface area contributed by atoms with E-state index in [2.05, 4.69) is 5.32 Å². The molecule has 0 atom stereocenters. The summed E-state index contributed by atoms with van der Waals surface area (Å²) in [5.41, 5.74) is -0.367. The molecule has 0 heterocycles. The van der Waals surface area contributed by atoms with E-state index in [0.717, 1.165) is 0 Å². The van der Waals surface area contributed by atoms with E-state index in [1.165, 1.54) is 12.1 Å². The first-order valence-electron chi connectivity index (χ1n) is 4.87. The molecule has 0 unspecified atom stereocenters. The highest BCUT2D eigenvalue weighted by Crippen LogP contribution is 2.33. The van der Waals surface area contributed by atoms with Gasteiger partial charge in [-0.2, -0.15) is 0 Å².